The number of anilines is 1. The molecule has 1 unspecified atom stereocenters. The zero-order valence-corrected chi connectivity index (χ0v) is 11.1. The van der Waals surface area contributed by atoms with Gasteiger partial charge in [-0.15, -0.1) is 11.6 Å². The van der Waals surface area contributed by atoms with Gasteiger partial charge in [-0.1, -0.05) is 15.9 Å². The van der Waals surface area contributed by atoms with E-state index < -0.39 is 11.6 Å². The molecule has 92 valence electrons. The molecule has 0 bridgehead atoms. The molecule has 1 fully saturated rings. The van der Waals surface area contributed by atoms with Crippen LogP contribution in [-0.2, 0) is 4.79 Å². The van der Waals surface area contributed by atoms with Crippen molar-refractivity contribution in [1.82, 2.24) is 0 Å². The third-order valence-electron chi connectivity index (χ3n) is 2.67. The number of rotatable bonds is 2. The Morgan fingerprint density at radius 2 is 2.00 bits per heavy atom. The summed E-state index contributed by atoms with van der Waals surface area (Å²) in [5.74, 6) is -1.54. The van der Waals surface area contributed by atoms with Crippen LogP contribution in [0.4, 0.5) is 14.5 Å². The minimum atomic E-state index is -0.750. The monoisotopic (exact) mass is 323 g/mol. The standard InChI is InChI=1S/C11H9BrClF2NO/c12-7-2-8(14)11(9(15)3-7)16-5-6(4-13)1-10(16)17/h2-3,6H,1,4-5H2. The van der Waals surface area contributed by atoms with Crippen LogP contribution in [0.5, 0.6) is 0 Å². The molecule has 17 heavy (non-hydrogen) atoms. The minimum Gasteiger partial charge on any atom is -0.307 e. The zero-order valence-electron chi connectivity index (χ0n) is 8.72. The van der Waals surface area contributed by atoms with E-state index in [1.807, 2.05) is 0 Å². The van der Waals surface area contributed by atoms with E-state index in [1.54, 1.807) is 0 Å². The van der Waals surface area contributed by atoms with Crippen molar-refractivity contribution < 1.29 is 13.6 Å². The molecule has 1 aliphatic heterocycles. The molecule has 0 aromatic heterocycles. The van der Waals surface area contributed by atoms with Crippen LogP contribution in [0.25, 0.3) is 0 Å². The number of amides is 1. The summed E-state index contributed by atoms with van der Waals surface area (Å²) in [6, 6.07) is 2.28. The van der Waals surface area contributed by atoms with Crippen molar-refractivity contribution in [2.24, 2.45) is 5.92 Å². The van der Waals surface area contributed by atoms with Gasteiger partial charge in [-0.3, -0.25) is 4.79 Å². The van der Waals surface area contributed by atoms with Gasteiger partial charge >= 0.3 is 0 Å². The summed E-state index contributed by atoms with van der Waals surface area (Å²) in [5.41, 5.74) is -0.286. The van der Waals surface area contributed by atoms with Crippen LogP contribution >= 0.6 is 27.5 Å². The number of carbonyl (C=O) groups excluding carboxylic acids is 1. The van der Waals surface area contributed by atoms with E-state index in [-0.39, 0.29) is 30.5 Å². The Morgan fingerprint density at radius 1 is 1.41 bits per heavy atom. The van der Waals surface area contributed by atoms with E-state index in [0.717, 1.165) is 17.0 Å². The molecule has 2 nitrogen and oxygen atoms in total. The van der Waals surface area contributed by atoms with E-state index in [1.165, 1.54) is 0 Å². The lowest BCUT2D eigenvalue weighted by Gasteiger charge is -2.18. The number of hydrogen-bond acceptors (Lipinski definition) is 1. The molecule has 1 aliphatic rings. The molecule has 1 amide bonds. The maximum atomic E-state index is 13.7. The average molecular weight is 325 g/mol. The van der Waals surface area contributed by atoms with Gasteiger partial charge in [0, 0.05) is 23.3 Å². The molecule has 0 aliphatic carbocycles. The highest BCUT2D eigenvalue weighted by molar-refractivity contribution is 9.10. The number of benzene rings is 1. The summed E-state index contributed by atoms with van der Waals surface area (Å²) < 4.78 is 27.6. The van der Waals surface area contributed by atoms with Crippen molar-refractivity contribution in [1.29, 1.82) is 0 Å². The molecule has 1 aromatic carbocycles. The first-order valence-corrected chi connectivity index (χ1v) is 6.36. The number of hydrogen-bond donors (Lipinski definition) is 0. The summed E-state index contributed by atoms with van der Waals surface area (Å²) in [4.78, 5) is 12.8. The zero-order chi connectivity index (χ0) is 12.6. The lowest BCUT2D eigenvalue weighted by atomic mass is 10.1. The van der Waals surface area contributed by atoms with E-state index in [4.69, 9.17) is 11.6 Å². The number of alkyl halides is 1. The second-order valence-electron chi connectivity index (χ2n) is 3.95. The van der Waals surface area contributed by atoms with Crippen molar-refractivity contribution in [3.63, 3.8) is 0 Å². The van der Waals surface area contributed by atoms with Crippen LogP contribution < -0.4 is 4.90 Å². The predicted octanol–water partition coefficient (Wildman–Crippen LogP) is 3.32. The molecule has 6 heteroatoms. The molecular formula is C11H9BrClF2NO. The highest BCUT2D eigenvalue weighted by Gasteiger charge is 2.33. The second-order valence-corrected chi connectivity index (χ2v) is 5.17. The van der Waals surface area contributed by atoms with Crippen molar-refractivity contribution in [3.8, 4) is 0 Å². The minimum absolute atomic E-state index is 0.0494. The fourth-order valence-corrected chi connectivity index (χ4v) is 2.50. The maximum absolute atomic E-state index is 13.7. The van der Waals surface area contributed by atoms with Gasteiger partial charge in [0.2, 0.25) is 5.91 Å². The normalized spacial score (nSPS) is 20.1. The van der Waals surface area contributed by atoms with E-state index >= 15 is 0 Å². The summed E-state index contributed by atoms with van der Waals surface area (Å²) in [6.07, 6.45) is 0.235. The van der Waals surface area contributed by atoms with Crippen LogP contribution in [-0.4, -0.2) is 18.3 Å². The Balaban J connectivity index is 2.38. The van der Waals surface area contributed by atoms with Gasteiger partial charge in [-0.05, 0) is 18.1 Å². The highest BCUT2D eigenvalue weighted by Crippen LogP contribution is 2.32. The Labute approximate surface area is 111 Å². The van der Waals surface area contributed by atoms with Gasteiger partial charge in [0.05, 0.1) is 0 Å². The Kier molecular flexibility index (Phi) is 3.68. The first-order valence-electron chi connectivity index (χ1n) is 5.03. The van der Waals surface area contributed by atoms with E-state index in [9.17, 15) is 13.6 Å². The SMILES string of the molecule is O=C1CC(CCl)CN1c1c(F)cc(Br)cc1F. The van der Waals surface area contributed by atoms with Crippen molar-refractivity contribution in [2.45, 2.75) is 6.42 Å². The van der Waals surface area contributed by atoms with E-state index in [2.05, 4.69) is 15.9 Å². The quantitative estimate of drug-likeness (QED) is 0.764. The van der Waals surface area contributed by atoms with Crippen LogP contribution in [0, 0.1) is 17.6 Å². The van der Waals surface area contributed by atoms with Crippen molar-refractivity contribution in [3.05, 3.63) is 28.2 Å². The summed E-state index contributed by atoms with van der Waals surface area (Å²) in [6.45, 7) is 0.262. The van der Waals surface area contributed by atoms with Crippen molar-refractivity contribution in [2.75, 3.05) is 17.3 Å². The van der Waals surface area contributed by atoms with Crippen LogP contribution in [0.3, 0.4) is 0 Å². The summed E-state index contributed by atoms with van der Waals surface area (Å²) in [7, 11) is 0. The van der Waals surface area contributed by atoms with Gasteiger partial charge < -0.3 is 4.90 Å². The number of halogens is 4. The van der Waals surface area contributed by atoms with Crippen LogP contribution in [0.2, 0.25) is 0 Å². The fraction of sp³-hybridized carbons (Fsp3) is 0.364. The van der Waals surface area contributed by atoms with Crippen LogP contribution in [0.1, 0.15) is 6.42 Å². The Morgan fingerprint density at radius 3 is 2.47 bits per heavy atom. The molecular weight excluding hydrogens is 315 g/mol. The highest BCUT2D eigenvalue weighted by atomic mass is 79.9. The topological polar surface area (TPSA) is 20.3 Å². The summed E-state index contributed by atoms with van der Waals surface area (Å²) in [5, 5.41) is 0. The second kappa shape index (κ2) is 4.90. The first-order chi connectivity index (χ1) is 8.02. The van der Waals surface area contributed by atoms with Gasteiger partial charge in [0.1, 0.15) is 5.69 Å². The molecule has 0 radical (unpaired) electrons. The molecule has 0 spiro atoms. The molecule has 1 heterocycles. The first kappa shape index (κ1) is 12.8. The molecule has 2 rings (SSSR count). The molecule has 0 N–H and O–H groups in total. The summed E-state index contributed by atoms with van der Waals surface area (Å²) >= 11 is 8.65. The van der Waals surface area contributed by atoms with Gasteiger partial charge in [-0.25, -0.2) is 8.78 Å². The molecule has 0 saturated carbocycles. The predicted molar refractivity (Wildman–Crippen MR) is 65.2 cm³/mol. The lowest BCUT2D eigenvalue weighted by molar-refractivity contribution is -0.117. The number of carbonyl (C=O) groups is 1. The van der Waals surface area contributed by atoms with E-state index in [0.29, 0.717) is 10.4 Å². The average Bonchev–Trinajstić information content (AvgIpc) is 2.59. The van der Waals surface area contributed by atoms with Crippen LogP contribution in [0.15, 0.2) is 16.6 Å². The van der Waals surface area contributed by atoms with Gasteiger partial charge in [-0.2, -0.15) is 0 Å². The Bertz CT molecular complexity index is 446. The molecule has 1 saturated heterocycles. The maximum Gasteiger partial charge on any atom is 0.227 e. The smallest absolute Gasteiger partial charge is 0.227 e. The third-order valence-corrected chi connectivity index (χ3v) is 3.57. The van der Waals surface area contributed by atoms with Gasteiger partial charge in [0.15, 0.2) is 11.6 Å². The van der Waals surface area contributed by atoms with Gasteiger partial charge in [0.25, 0.3) is 0 Å². The fourth-order valence-electron chi connectivity index (χ4n) is 1.89. The molecule has 1 aromatic rings. The lowest BCUT2D eigenvalue weighted by Crippen LogP contribution is -2.26. The molecule has 1 atom stereocenters. The largest absolute Gasteiger partial charge is 0.307 e. The number of nitrogens with zero attached hydrogens (tertiary/aromatic N) is 1. The Hall–Kier alpha value is -0.680. The third kappa shape index (κ3) is 2.45. The van der Waals surface area contributed by atoms with Crippen molar-refractivity contribution >= 4 is 39.1 Å².